The topological polar surface area (TPSA) is 42.6 Å². The van der Waals surface area contributed by atoms with Gasteiger partial charge in [0.1, 0.15) is 0 Å². The van der Waals surface area contributed by atoms with E-state index in [1.54, 1.807) is 23.3 Å². The van der Waals surface area contributed by atoms with Crippen LogP contribution in [0.2, 0.25) is 0 Å². The lowest BCUT2D eigenvalue weighted by atomic mass is 10.1. The zero-order valence-corrected chi connectivity index (χ0v) is 23.5. The van der Waals surface area contributed by atoms with Crippen molar-refractivity contribution in [2.75, 3.05) is 42.5 Å². The molecule has 2 heterocycles. The van der Waals surface area contributed by atoms with Crippen LogP contribution >= 0.6 is 0 Å². The highest BCUT2D eigenvalue weighted by Gasteiger charge is 2.18. The molecule has 0 bridgehead atoms. The molecular formula is C32H46N4O. The standard InChI is InChI=1S/C28H34N4O.2C2H6/c1-5-9-16-32(28(33)8-4)25-13-11-24(12-14-25)31-20-18-30(19-21-31)17-15-23-22-29-27(10-6-2)26(23)7-3;2*1-2/h5-14,16,22,29H,1,3-4,15,17-21H2,2H3;2*1-2H3/b10-6-,16-9-;;. The van der Waals surface area contributed by atoms with Crippen molar-refractivity contribution in [3.8, 4) is 0 Å². The van der Waals surface area contributed by atoms with Gasteiger partial charge in [-0.3, -0.25) is 14.6 Å². The minimum atomic E-state index is -0.172. The van der Waals surface area contributed by atoms with Gasteiger partial charge < -0.3 is 9.88 Å². The summed E-state index contributed by atoms with van der Waals surface area (Å²) in [6.07, 6.45) is 15.6. The summed E-state index contributed by atoms with van der Waals surface area (Å²) in [5.74, 6) is -0.172. The average molecular weight is 503 g/mol. The van der Waals surface area contributed by atoms with Crippen LogP contribution in [0.4, 0.5) is 11.4 Å². The van der Waals surface area contributed by atoms with Crippen LogP contribution in [0.1, 0.15) is 51.4 Å². The van der Waals surface area contributed by atoms with E-state index in [1.165, 1.54) is 22.9 Å². The number of amides is 1. The number of carbonyl (C=O) groups excluding carboxylic acids is 1. The first-order valence-corrected chi connectivity index (χ1v) is 13.4. The molecule has 0 aliphatic carbocycles. The molecule has 0 unspecified atom stereocenters. The number of hydrogen-bond acceptors (Lipinski definition) is 3. The second-order valence-corrected chi connectivity index (χ2v) is 7.93. The summed E-state index contributed by atoms with van der Waals surface area (Å²) in [6.45, 7) is 26.3. The van der Waals surface area contributed by atoms with Crippen molar-refractivity contribution in [3.63, 3.8) is 0 Å². The molecule has 3 rings (SSSR count). The lowest BCUT2D eigenvalue weighted by Gasteiger charge is -2.36. The fraction of sp³-hybridized carbons (Fsp3) is 0.344. The Morgan fingerprint density at radius 3 is 2.22 bits per heavy atom. The van der Waals surface area contributed by atoms with Crippen molar-refractivity contribution >= 4 is 29.4 Å². The molecular weight excluding hydrogens is 456 g/mol. The van der Waals surface area contributed by atoms with E-state index in [0.29, 0.717) is 0 Å². The Kier molecular flexibility index (Phi) is 15.1. The van der Waals surface area contributed by atoms with Gasteiger partial charge in [-0.1, -0.05) is 65.7 Å². The number of H-pyrrole nitrogens is 1. The first-order chi connectivity index (χ1) is 18.1. The largest absolute Gasteiger partial charge is 0.369 e. The van der Waals surface area contributed by atoms with Crippen molar-refractivity contribution in [2.24, 2.45) is 0 Å². The Hall–Kier alpha value is -3.57. The molecule has 1 aromatic heterocycles. The van der Waals surface area contributed by atoms with Crippen LogP contribution in [0.15, 0.2) is 80.7 Å². The van der Waals surface area contributed by atoms with Gasteiger partial charge in [-0.2, -0.15) is 0 Å². The van der Waals surface area contributed by atoms with Gasteiger partial charge in [0, 0.05) is 67.8 Å². The highest BCUT2D eigenvalue weighted by Crippen LogP contribution is 2.23. The highest BCUT2D eigenvalue weighted by molar-refractivity contribution is 6.02. The minimum absolute atomic E-state index is 0.172. The highest BCUT2D eigenvalue weighted by atomic mass is 16.2. The number of anilines is 2. The second-order valence-electron chi connectivity index (χ2n) is 7.93. The van der Waals surface area contributed by atoms with Gasteiger partial charge >= 0.3 is 0 Å². The van der Waals surface area contributed by atoms with E-state index < -0.39 is 0 Å². The number of nitrogens with one attached hydrogen (secondary N) is 1. The molecule has 37 heavy (non-hydrogen) atoms. The van der Waals surface area contributed by atoms with Crippen molar-refractivity contribution < 1.29 is 4.79 Å². The smallest absolute Gasteiger partial charge is 0.254 e. The molecule has 1 amide bonds. The molecule has 200 valence electrons. The quantitative estimate of drug-likeness (QED) is 0.273. The van der Waals surface area contributed by atoms with E-state index in [4.69, 9.17) is 0 Å². The lowest BCUT2D eigenvalue weighted by Crippen LogP contribution is -2.47. The van der Waals surface area contributed by atoms with Gasteiger partial charge in [0.05, 0.1) is 0 Å². The van der Waals surface area contributed by atoms with E-state index in [2.05, 4.69) is 58.9 Å². The predicted molar refractivity (Wildman–Crippen MR) is 164 cm³/mol. The molecule has 1 saturated heterocycles. The Labute approximate surface area is 225 Å². The predicted octanol–water partition coefficient (Wildman–Crippen LogP) is 7.33. The molecule has 0 radical (unpaired) electrons. The summed E-state index contributed by atoms with van der Waals surface area (Å²) < 4.78 is 0. The Balaban J connectivity index is 0.00000163. The van der Waals surface area contributed by atoms with Crippen molar-refractivity contribution in [1.29, 1.82) is 0 Å². The molecule has 1 aliphatic rings. The summed E-state index contributed by atoms with van der Waals surface area (Å²) in [5, 5.41) is 0. The number of hydrogen-bond donors (Lipinski definition) is 1. The number of piperazine rings is 1. The molecule has 1 N–H and O–H groups in total. The van der Waals surface area contributed by atoms with Gasteiger partial charge in [0.2, 0.25) is 0 Å². The van der Waals surface area contributed by atoms with E-state index in [-0.39, 0.29) is 5.91 Å². The van der Waals surface area contributed by atoms with E-state index in [0.717, 1.165) is 50.5 Å². The number of aromatic amines is 1. The zero-order valence-electron chi connectivity index (χ0n) is 23.5. The third-order valence-electron chi connectivity index (χ3n) is 5.92. The summed E-state index contributed by atoms with van der Waals surface area (Å²) >= 11 is 0. The zero-order chi connectivity index (χ0) is 27.6. The molecule has 5 heteroatoms. The van der Waals surface area contributed by atoms with Crippen LogP contribution in [-0.4, -0.2) is 48.5 Å². The molecule has 0 saturated carbocycles. The summed E-state index contributed by atoms with van der Waals surface area (Å²) in [4.78, 5) is 22.0. The minimum Gasteiger partial charge on any atom is -0.369 e. The maximum Gasteiger partial charge on any atom is 0.254 e. The second kappa shape index (κ2) is 17.8. The molecule has 0 atom stereocenters. The molecule has 0 spiro atoms. The third-order valence-corrected chi connectivity index (χ3v) is 5.92. The maximum atomic E-state index is 12.2. The Morgan fingerprint density at radius 1 is 1.03 bits per heavy atom. The maximum absolute atomic E-state index is 12.2. The van der Waals surface area contributed by atoms with Gasteiger partial charge in [-0.15, -0.1) is 0 Å². The number of allylic oxidation sites excluding steroid dienone is 3. The van der Waals surface area contributed by atoms with Crippen molar-refractivity contribution in [1.82, 2.24) is 9.88 Å². The summed E-state index contributed by atoms with van der Waals surface area (Å²) in [6, 6.07) is 8.10. The number of carbonyl (C=O) groups is 1. The Morgan fingerprint density at radius 2 is 1.68 bits per heavy atom. The van der Waals surface area contributed by atoms with Gasteiger partial charge in [0.15, 0.2) is 0 Å². The van der Waals surface area contributed by atoms with Crippen LogP contribution in [0.25, 0.3) is 12.2 Å². The fourth-order valence-electron chi connectivity index (χ4n) is 4.11. The third kappa shape index (κ3) is 9.10. The first-order valence-electron chi connectivity index (χ1n) is 13.4. The molecule has 5 nitrogen and oxygen atoms in total. The molecule has 1 fully saturated rings. The molecule has 1 aromatic carbocycles. The van der Waals surface area contributed by atoms with Crippen LogP contribution in [0, 0.1) is 0 Å². The summed E-state index contributed by atoms with van der Waals surface area (Å²) in [7, 11) is 0. The summed E-state index contributed by atoms with van der Waals surface area (Å²) in [5.41, 5.74) is 5.64. The SMILES string of the molecule is C=C/C=C\N(C(=O)C=C)c1ccc(N2CCN(CCc3c[nH]c(/C=C\C)c3C=C)CC2)cc1.CC.CC. The van der Waals surface area contributed by atoms with Crippen molar-refractivity contribution in [3.05, 3.63) is 97.5 Å². The molecule has 2 aromatic rings. The van der Waals surface area contributed by atoms with Crippen LogP contribution < -0.4 is 9.80 Å². The Bertz CT molecular complexity index is 1020. The van der Waals surface area contributed by atoms with Gasteiger partial charge in [0.25, 0.3) is 5.91 Å². The lowest BCUT2D eigenvalue weighted by molar-refractivity contribution is -0.113. The number of benzene rings is 1. The molecule has 1 aliphatic heterocycles. The van der Waals surface area contributed by atoms with Crippen LogP contribution in [-0.2, 0) is 11.2 Å². The monoisotopic (exact) mass is 502 g/mol. The van der Waals surface area contributed by atoms with Crippen LogP contribution in [0.5, 0.6) is 0 Å². The number of rotatable bonds is 10. The van der Waals surface area contributed by atoms with Crippen LogP contribution in [0.3, 0.4) is 0 Å². The van der Waals surface area contributed by atoms with E-state index in [9.17, 15) is 4.79 Å². The first kappa shape index (κ1) is 31.5. The average Bonchev–Trinajstić information content (AvgIpc) is 3.36. The van der Waals surface area contributed by atoms with Crippen molar-refractivity contribution in [2.45, 2.75) is 41.0 Å². The van der Waals surface area contributed by atoms with E-state index >= 15 is 0 Å². The van der Waals surface area contributed by atoms with Gasteiger partial charge in [-0.25, -0.2) is 0 Å². The normalized spacial score (nSPS) is 13.4. The van der Waals surface area contributed by atoms with E-state index in [1.807, 2.05) is 58.9 Å². The van der Waals surface area contributed by atoms with Gasteiger partial charge in [-0.05, 0) is 61.4 Å². The number of aromatic nitrogens is 1. The number of nitrogens with zero attached hydrogens (tertiary/aromatic N) is 3. The fourth-order valence-corrected chi connectivity index (χ4v) is 4.11.